The predicted molar refractivity (Wildman–Crippen MR) is 90.9 cm³/mol. The Balaban J connectivity index is 2.05. The first-order valence-electron chi connectivity index (χ1n) is 7.19. The smallest absolute Gasteiger partial charge is 0.140 e. The Labute approximate surface area is 127 Å². The second kappa shape index (κ2) is 5.99. The van der Waals surface area contributed by atoms with E-state index in [1.807, 2.05) is 18.0 Å². The average Bonchev–Trinajstić information content (AvgIpc) is 2.64. The van der Waals surface area contributed by atoms with Crippen LogP contribution in [0.2, 0.25) is 0 Å². The van der Waals surface area contributed by atoms with E-state index in [2.05, 4.69) is 31.2 Å². The number of nitrogens with two attached hydrogens (primary N) is 1. The highest BCUT2D eigenvalue weighted by Crippen LogP contribution is 2.40. The van der Waals surface area contributed by atoms with Crippen molar-refractivity contribution in [2.45, 2.75) is 31.8 Å². The molecule has 0 saturated carbocycles. The van der Waals surface area contributed by atoms with Crippen molar-refractivity contribution in [2.75, 3.05) is 19.5 Å². The second-order valence-corrected chi connectivity index (χ2v) is 10.9. The van der Waals surface area contributed by atoms with Crippen LogP contribution in [-0.2, 0) is 4.74 Å². The summed E-state index contributed by atoms with van der Waals surface area (Å²) >= 11 is 0. The van der Waals surface area contributed by atoms with Crippen LogP contribution in [0.25, 0.3) is 0 Å². The minimum absolute atomic E-state index is 0.0165. The Bertz CT molecular complexity index is 523. The van der Waals surface area contributed by atoms with E-state index in [0.29, 0.717) is 11.7 Å². The van der Waals surface area contributed by atoms with Crippen molar-refractivity contribution in [1.29, 1.82) is 0 Å². The van der Waals surface area contributed by atoms with Gasteiger partial charge in [0.05, 0.1) is 12.2 Å². The number of aliphatic imine (C=N–C) groups is 1. The Hall–Kier alpha value is -1.03. The third-order valence-electron chi connectivity index (χ3n) is 3.94. The van der Waals surface area contributed by atoms with Crippen molar-refractivity contribution in [1.82, 2.24) is 4.90 Å². The van der Waals surface area contributed by atoms with Gasteiger partial charge in [-0.15, -0.1) is 13.2 Å². The normalized spacial score (nSPS) is 33.4. The molecule has 2 rings (SSSR count). The molecule has 0 aromatic rings. The van der Waals surface area contributed by atoms with Crippen LogP contribution in [0.4, 0.5) is 0 Å². The van der Waals surface area contributed by atoms with Crippen LogP contribution in [-0.4, -0.2) is 60.1 Å². The molecule has 2 unspecified atom stereocenters. The molecule has 1 saturated heterocycles. The molecule has 4 atom stereocenters. The number of ether oxygens (including phenoxy) is 1. The molecule has 118 valence electrons. The van der Waals surface area contributed by atoms with Gasteiger partial charge in [-0.3, -0.25) is 0 Å². The van der Waals surface area contributed by atoms with Crippen molar-refractivity contribution < 1.29 is 9.84 Å². The molecule has 0 amide bonds. The van der Waals surface area contributed by atoms with Gasteiger partial charge in [0.2, 0.25) is 0 Å². The van der Waals surface area contributed by atoms with E-state index in [1.165, 1.54) is 0 Å². The van der Waals surface area contributed by atoms with Gasteiger partial charge in [0, 0.05) is 12.1 Å². The molecule has 0 spiro atoms. The number of rotatable bonds is 4. The third-order valence-corrected chi connectivity index (χ3v) is 5.41. The van der Waals surface area contributed by atoms with Gasteiger partial charge in [-0.1, -0.05) is 13.5 Å². The fourth-order valence-corrected chi connectivity index (χ4v) is 3.60. The Kier molecular flexibility index (Phi) is 4.66. The summed E-state index contributed by atoms with van der Waals surface area (Å²) in [6.07, 6.45) is 8.70. The number of hydrogen-bond donors (Lipinski definition) is 2. The van der Waals surface area contributed by atoms with E-state index in [4.69, 9.17) is 10.5 Å². The SMILES string of the molecule is C=C1N=C(N)C=CN1C1OC(CCP(=C)(C)C)[C@@H](O)[C@H]1C. The van der Waals surface area contributed by atoms with Crippen molar-refractivity contribution in [3.8, 4) is 0 Å². The maximum atomic E-state index is 10.4. The zero-order valence-electron chi connectivity index (χ0n) is 13.1. The number of amidine groups is 1. The van der Waals surface area contributed by atoms with Crippen LogP contribution in [0.3, 0.4) is 0 Å². The molecule has 21 heavy (non-hydrogen) atoms. The van der Waals surface area contributed by atoms with E-state index in [0.717, 1.165) is 12.6 Å². The topological polar surface area (TPSA) is 71.1 Å². The molecule has 2 aliphatic heterocycles. The highest BCUT2D eigenvalue weighted by atomic mass is 31.2. The van der Waals surface area contributed by atoms with E-state index < -0.39 is 13.0 Å². The van der Waals surface area contributed by atoms with Crippen LogP contribution in [0, 0.1) is 5.92 Å². The molecule has 3 N–H and O–H groups in total. The predicted octanol–water partition coefficient (Wildman–Crippen LogP) is 1.47. The highest BCUT2D eigenvalue weighted by Gasteiger charge is 2.43. The van der Waals surface area contributed by atoms with Crippen LogP contribution in [0.15, 0.2) is 29.7 Å². The second-order valence-electron chi connectivity index (χ2n) is 6.54. The first-order valence-corrected chi connectivity index (χ1v) is 10.2. The molecule has 0 aliphatic carbocycles. The summed E-state index contributed by atoms with van der Waals surface area (Å²) in [5.74, 6) is 0.962. The number of aliphatic hydroxyl groups is 1. The van der Waals surface area contributed by atoms with Crippen LogP contribution < -0.4 is 5.73 Å². The largest absolute Gasteiger partial charge is 0.390 e. The van der Waals surface area contributed by atoms with Crippen molar-refractivity contribution in [3.63, 3.8) is 0 Å². The Morgan fingerprint density at radius 3 is 2.76 bits per heavy atom. The van der Waals surface area contributed by atoms with Gasteiger partial charge in [0.1, 0.15) is 17.9 Å². The minimum atomic E-state index is -1.11. The molecule has 2 aliphatic rings. The zero-order chi connectivity index (χ0) is 15.8. The van der Waals surface area contributed by atoms with Gasteiger partial charge in [0.15, 0.2) is 0 Å². The quantitative estimate of drug-likeness (QED) is 0.771. The molecule has 1 fully saturated rings. The van der Waals surface area contributed by atoms with Crippen molar-refractivity contribution >= 4 is 19.0 Å². The van der Waals surface area contributed by atoms with E-state index >= 15 is 0 Å². The molecule has 0 aromatic carbocycles. The van der Waals surface area contributed by atoms with Gasteiger partial charge in [0.25, 0.3) is 0 Å². The maximum absolute atomic E-state index is 10.4. The first-order chi connectivity index (χ1) is 9.69. The monoisotopic (exact) mass is 311 g/mol. The summed E-state index contributed by atoms with van der Waals surface area (Å²) in [6.45, 7) is 9.17. The van der Waals surface area contributed by atoms with Crippen LogP contribution >= 0.6 is 6.89 Å². The molecular formula is C15H26N3O2P. The summed E-state index contributed by atoms with van der Waals surface area (Å²) in [5, 5.41) is 10.4. The lowest BCUT2D eigenvalue weighted by Gasteiger charge is -2.31. The summed E-state index contributed by atoms with van der Waals surface area (Å²) in [6, 6.07) is 0. The average molecular weight is 311 g/mol. The van der Waals surface area contributed by atoms with E-state index in [9.17, 15) is 5.11 Å². The van der Waals surface area contributed by atoms with Crippen molar-refractivity contribution in [2.24, 2.45) is 16.6 Å². The zero-order valence-corrected chi connectivity index (χ0v) is 14.0. The number of hydrogen-bond acceptors (Lipinski definition) is 5. The lowest BCUT2D eigenvalue weighted by Crippen LogP contribution is -2.37. The Morgan fingerprint density at radius 2 is 2.19 bits per heavy atom. The van der Waals surface area contributed by atoms with Crippen molar-refractivity contribution in [3.05, 3.63) is 24.7 Å². The standard InChI is InChI=1S/C15H26N3O2P/c1-10-14(19)12(7-9-21(3,4)5)20-15(10)18-8-6-13(16)17-11(18)2/h6,8,10,12,14-15,19H,2-3,7,9H2,1,4-5H3,(H2,16,17)/t10-,12?,14+,15?/m1/s1. The van der Waals surface area contributed by atoms with Gasteiger partial charge < -0.3 is 20.5 Å². The fourth-order valence-electron chi connectivity index (χ4n) is 2.64. The lowest BCUT2D eigenvalue weighted by molar-refractivity contribution is -0.0401. The number of nitrogens with zero attached hydrogens (tertiary/aromatic N) is 2. The van der Waals surface area contributed by atoms with E-state index in [1.54, 1.807) is 6.08 Å². The molecule has 0 bridgehead atoms. The van der Waals surface area contributed by atoms with Gasteiger partial charge in [-0.05, 0) is 32.0 Å². The first kappa shape index (κ1) is 16.3. The minimum Gasteiger partial charge on any atom is -0.390 e. The summed E-state index contributed by atoms with van der Waals surface area (Å²) in [4.78, 5) is 5.99. The maximum Gasteiger partial charge on any atom is 0.140 e. The molecule has 0 radical (unpaired) electrons. The third kappa shape index (κ3) is 3.79. The molecular weight excluding hydrogens is 285 g/mol. The van der Waals surface area contributed by atoms with Gasteiger partial charge in [-0.25, -0.2) is 4.99 Å². The lowest BCUT2D eigenvalue weighted by atomic mass is 10.00. The number of aliphatic hydroxyl groups excluding tert-OH is 1. The Morgan fingerprint density at radius 1 is 1.52 bits per heavy atom. The highest BCUT2D eigenvalue weighted by molar-refractivity contribution is 7.72. The summed E-state index contributed by atoms with van der Waals surface area (Å²) < 4.78 is 6.07. The fraction of sp³-hybridized carbons (Fsp3) is 0.600. The molecule has 6 heteroatoms. The van der Waals surface area contributed by atoms with Gasteiger partial charge >= 0.3 is 0 Å². The van der Waals surface area contributed by atoms with Gasteiger partial charge in [-0.2, -0.15) is 0 Å². The molecule has 2 heterocycles. The van der Waals surface area contributed by atoms with Crippen LogP contribution in [0.1, 0.15) is 13.3 Å². The summed E-state index contributed by atoms with van der Waals surface area (Å²) in [5.41, 5.74) is 5.65. The molecule has 5 nitrogen and oxygen atoms in total. The van der Waals surface area contributed by atoms with E-state index in [-0.39, 0.29) is 18.2 Å². The summed E-state index contributed by atoms with van der Waals surface area (Å²) in [7, 11) is 0. The molecule has 0 aromatic heterocycles. The van der Waals surface area contributed by atoms with Crippen LogP contribution in [0.5, 0.6) is 0 Å².